The van der Waals surface area contributed by atoms with Crippen molar-refractivity contribution in [2.75, 3.05) is 0 Å². The summed E-state index contributed by atoms with van der Waals surface area (Å²) in [7, 11) is 0. The number of carbonyl (C=O) groups excluding carboxylic acids is 1. The SMILES string of the molecule is O=Cc1ccc(-c2ccccc2-c2nnn[nH]2)cc1.[K]. The van der Waals surface area contributed by atoms with Crippen LogP contribution in [0.4, 0.5) is 0 Å². The minimum absolute atomic E-state index is 0. The van der Waals surface area contributed by atoms with E-state index < -0.39 is 0 Å². The number of nitrogens with zero attached hydrogens (tertiary/aromatic N) is 3. The normalized spacial score (nSPS) is 9.80. The number of rotatable bonds is 3. The largest absolute Gasteiger partial charge is 0.298 e. The first-order valence-corrected chi connectivity index (χ1v) is 5.77. The van der Waals surface area contributed by atoms with E-state index >= 15 is 0 Å². The summed E-state index contributed by atoms with van der Waals surface area (Å²) in [5.41, 5.74) is 3.60. The molecule has 0 saturated heterocycles. The van der Waals surface area contributed by atoms with Crippen LogP contribution in [0.15, 0.2) is 48.5 Å². The first kappa shape index (κ1) is 15.2. The molecule has 2 aromatic carbocycles. The fourth-order valence-corrected chi connectivity index (χ4v) is 1.96. The number of carbonyl (C=O) groups is 1. The first-order chi connectivity index (χ1) is 9.38. The van der Waals surface area contributed by atoms with Gasteiger partial charge in [0.2, 0.25) is 0 Å². The third-order valence-electron chi connectivity index (χ3n) is 2.89. The van der Waals surface area contributed by atoms with Crippen molar-refractivity contribution < 1.29 is 4.79 Å². The van der Waals surface area contributed by atoms with Crippen LogP contribution in [0.5, 0.6) is 0 Å². The number of aromatic amines is 1. The van der Waals surface area contributed by atoms with Crippen molar-refractivity contribution >= 4 is 57.7 Å². The second-order valence-electron chi connectivity index (χ2n) is 4.04. The van der Waals surface area contributed by atoms with Crippen LogP contribution >= 0.6 is 0 Å². The molecule has 1 N–H and O–H groups in total. The molecular formula is C14H10KN4O. The van der Waals surface area contributed by atoms with E-state index in [9.17, 15) is 4.79 Å². The number of hydrogen-bond donors (Lipinski definition) is 1. The van der Waals surface area contributed by atoms with Gasteiger partial charge < -0.3 is 0 Å². The predicted octanol–water partition coefficient (Wildman–Crippen LogP) is 1.97. The molecule has 93 valence electrons. The maximum atomic E-state index is 10.7. The number of benzene rings is 2. The fourth-order valence-electron chi connectivity index (χ4n) is 1.96. The summed E-state index contributed by atoms with van der Waals surface area (Å²) in [6, 6.07) is 15.2. The molecule has 0 saturated carbocycles. The Kier molecular flexibility index (Phi) is 5.33. The summed E-state index contributed by atoms with van der Waals surface area (Å²) >= 11 is 0. The van der Waals surface area contributed by atoms with E-state index in [0.717, 1.165) is 23.0 Å². The molecule has 0 aliphatic carbocycles. The van der Waals surface area contributed by atoms with Gasteiger partial charge >= 0.3 is 0 Å². The molecule has 0 aliphatic heterocycles. The summed E-state index contributed by atoms with van der Waals surface area (Å²) < 4.78 is 0. The Morgan fingerprint density at radius 2 is 1.65 bits per heavy atom. The quantitative estimate of drug-likeness (QED) is 0.591. The van der Waals surface area contributed by atoms with Gasteiger partial charge in [-0.25, -0.2) is 5.10 Å². The Bertz CT molecular complexity index is 695. The van der Waals surface area contributed by atoms with Crippen molar-refractivity contribution in [3.63, 3.8) is 0 Å². The monoisotopic (exact) mass is 289 g/mol. The summed E-state index contributed by atoms with van der Waals surface area (Å²) in [5, 5.41) is 13.9. The Balaban J connectivity index is 0.00000147. The minimum atomic E-state index is 0. The van der Waals surface area contributed by atoms with Gasteiger partial charge in [-0.2, -0.15) is 0 Å². The van der Waals surface area contributed by atoms with Gasteiger partial charge in [0, 0.05) is 62.5 Å². The Morgan fingerprint density at radius 1 is 0.950 bits per heavy atom. The van der Waals surface area contributed by atoms with E-state index in [2.05, 4.69) is 20.6 Å². The number of hydrogen-bond acceptors (Lipinski definition) is 4. The van der Waals surface area contributed by atoms with E-state index in [4.69, 9.17) is 0 Å². The number of H-pyrrole nitrogens is 1. The molecule has 5 nitrogen and oxygen atoms in total. The molecule has 0 spiro atoms. The molecule has 0 fully saturated rings. The van der Waals surface area contributed by atoms with E-state index in [-0.39, 0.29) is 51.4 Å². The van der Waals surface area contributed by atoms with Crippen LogP contribution in [0, 0.1) is 0 Å². The predicted molar refractivity (Wildman–Crippen MR) is 76.2 cm³/mol. The third kappa shape index (κ3) is 3.10. The van der Waals surface area contributed by atoms with E-state index in [1.165, 1.54) is 0 Å². The molecule has 20 heavy (non-hydrogen) atoms. The van der Waals surface area contributed by atoms with Crippen molar-refractivity contribution in [3.05, 3.63) is 54.1 Å². The molecule has 3 rings (SSSR count). The summed E-state index contributed by atoms with van der Waals surface area (Å²) in [4.78, 5) is 10.7. The topological polar surface area (TPSA) is 71.5 Å². The molecule has 1 heterocycles. The molecule has 3 aromatic rings. The molecule has 1 aromatic heterocycles. The molecule has 0 amide bonds. The van der Waals surface area contributed by atoms with Crippen LogP contribution in [0.1, 0.15) is 10.4 Å². The maximum Gasteiger partial charge on any atom is 0.180 e. The van der Waals surface area contributed by atoms with Gasteiger partial charge in [-0.3, -0.25) is 4.79 Å². The second-order valence-corrected chi connectivity index (χ2v) is 4.04. The maximum absolute atomic E-state index is 10.7. The van der Waals surface area contributed by atoms with Crippen LogP contribution in [-0.2, 0) is 0 Å². The average Bonchev–Trinajstić information content (AvgIpc) is 3.01. The zero-order chi connectivity index (χ0) is 13.1. The van der Waals surface area contributed by atoms with Gasteiger partial charge in [0.25, 0.3) is 0 Å². The van der Waals surface area contributed by atoms with Gasteiger partial charge in [-0.05, 0) is 21.6 Å². The van der Waals surface area contributed by atoms with Gasteiger partial charge in [0.05, 0.1) is 0 Å². The van der Waals surface area contributed by atoms with Gasteiger partial charge in [-0.1, -0.05) is 48.5 Å². The van der Waals surface area contributed by atoms with Crippen LogP contribution < -0.4 is 0 Å². The molecule has 0 bridgehead atoms. The average molecular weight is 289 g/mol. The smallest absolute Gasteiger partial charge is 0.180 e. The van der Waals surface area contributed by atoms with Gasteiger partial charge in [0.15, 0.2) is 5.82 Å². The standard InChI is InChI=1S/C14H10N4O.K/c19-9-10-5-7-11(8-6-10)12-3-1-2-4-13(12)14-15-17-18-16-14;/h1-9H,(H,15,16,17,18);. The van der Waals surface area contributed by atoms with Gasteiger partial charge in [-0.15, -0.1) is 5.10 Å². The molecule has 0 unspecified atom stereocenters. The van der Waals surface area contributed by atoms with Crippen LogP contribution in [0.2, 0.25) is 0 Å². The second kappa shape index (κ2) is 7.01. The number of nitrogens with one attached hydrogen (secondary N) is 1. The first-order valence-electron chi connectivity index (χ1n) is 5.77. The van der Waals surface area contributed by atoms with E-state index in [1.54, 1.807) is 12.1 Å². The van der Waals surface area contributed by atoms with Crippen molar-refractivity contribution in [2.24, 2.45) is 0 Å². The zero-order valence-corrected chi connectivity index (χ0v) is 14.1. The van der Waals surface area contributed by atoms with Crippen molar-refractivity contribution in [2.45, 2.75) is 0 Å². The Labute approximate surface area is 158 Å². The summed E-state index contributed by atoms with van der Waals surface area (Å²) in [6.45, 7) is 0. The Morgan fingerprint density at radius 3 is 2.25 bits per heavy atom. The molecular weight excluding hydrogens is 279 g/mol. The van der Waals surface area contributed by atoms with Crippen LogP contribution in [-0.4, -0.2) is 78.3 Å². The molecule has 0 atom stereocenters. The van der Waals surface area contributed by atoms with Crippen molar-refractivity contribution in [1.82, 2.24) is 20.6 Å². The zero-order valence-electron chi connectivity index (χ0n) is 10.9. The minimum Gasteiger partial charge on any atom is -0.298 e. The third-order valence-corrected chi connectivity index (χ3v) is 2.89. The number of aldehydes is 1. The molecule has 0 aliphatic rings. The summed E-state index contributed by atoms with van der Waals surface area (Å²) in [6.07, 6.45) is 0.829. The Hall–Kier alpha value is -1.18. The fraction of sp³-hybridized carbons (Fsp3) is 0. The molecule has 6 heteroatoms. The number of aromatic nitrogens is 4. The number of tetrazole rings is 1. The van der Waals surface area contributed by atoms with Crippen molar-refractivity contribution in [3.8, 4) is 22.5 Å². The van der Waals surface area contributed by atoms with Crippen LogP contribution in [0.3, 0.4) is 0 Å². The van der Waals surface area contributed by atoms with E-state index in [0.29, 0.717) is 11.4 Å². The van der Waals surface area contributed by atoms with E-state index in [1.807, 2.05) is 36.4 Å². The van der Waals surface area contributed by atoms with Gasteiger partial charge in [0.1, 0.15) is 6.29 Å². The molecule has 1 radical (unpaired) electrons. The van der Waals surface area contributed by atoms with Crippen LogP contribution in [0.25, 0.3) is 22.5 Å². The van der Waals surface area contributed by atoms with Crippen molar-refractivity contribution in [1.29, 1.82) is 0 Å². The summed E-state index contributed by atoms with van der Waals surface area (Å²) in [5.74, 6) is 0.620.